The van der Waals surface area contributed by atoms with Crippen LogP contribution in [0.15, 0.2) is 24.5 Å². The summed E-state index contributed by atoms with van der Waals surface area (Å²) in [5.74, 6) is -0.785. The van der Waals surface area contributed by atoms with Gasteiger partial charge in [0.25, 0.3) is 5.91 Å². The summed E-state index contributed by atoms with van der Waals surface area (Å²) >= 11 is 1.35. The van der Waals surface area contributed by atoms with Crippen molar-refractivity contribution in [2.75, 3.05) is 11.9 Å². The van der Waals surface area contributed by atoms with E-state index in [1.54, 1.807) is 36.0 Å². The van der Waals surface area contributed by atoms with E-state index < -0.39 is 5.97 Å². The van der Waals surface area contributed by atoms with Gasteiger partial charge in [0, 0.05) is 10.9 Å². The first kappa shape index (κ1) is 18.8. The third-order valence-corrected chi connectivity index (χ3v) is 4.83. The van der Waals surface area contributed by atoms with Gasteiger partial charge in [0.05, 0.1) is 17.7 Å². The van der Waals surface area contributed by atoms with Crippen molar-refractivity contribution < 1.29 is 23.7 Å². The van der Waals surface area contributed by atoms with Gasteiger partial charge in [-0.3, -0.25) is 9.59 Å². The van der Waals surface area contributed by atoms with Gasteiger partial charge in [0.15, 0.2) is 18.2 Å². The molecule has 0 unspecified atom stereocenters. The van der Waals surface area contributed by atoms with Crippen molar-refractivity contribution in [3.63, 3.8) is 0 Å². The fourth-order valence-corrected chi connectivity index (χ4v) is 3.39. The first-order valence-corrected chi connectivity index (χ1v) is 8.72. The molecule has 0 saturated carbocycles. The van der Waals surface area contributed by atoms with E-state index in [4.69, 9.17) is 4.74 Å². The highest BCUT2D eigenvalue weighted by atomic mass is 32.1. The first-order valence-electron chi connectivity index (χ1n) is 7.90. The Kier molecular flexibility index (Phi) is 6.03. The Morgan fingerprint density at radius 1 is 1.28 bits per heavy atom. The molecule has 0 spiro atoms. The van der Waals surface area contributed by atoms with Crippen LogP contribution in [0.25, 0.3) is 0 Å². The number of carbonyl (C=O) groups is 3. The van der Waals surface area contributed by atoms with Crippen LogP contribution < -0.4 is 9.88 Å². The van der Waals surface area contributed by atoms with Crippen molar-refractivity contribution in [3.05, 3.63) is 46.1 Å². The topological polar surface area (TPSA) is 76.3 Å². The highest BCUT2D eigenvalue weighted by Gasteiger charge is 2.23. The summed E-state index contributed by atoms with van der Waals surface area (Å²) in [7, 11) is 0. The van der Waals surface area contributed by atoms with E-state index in [0.717, 1.165) is 10.4 Å². The van der Waals surface area contributed by atoms with Gasteiger partial charge in [-0.2, -0.15) is 4.57 Å². The summed E-state index contributed by atoms with van der Waals surface area (Å²) in [6.45, 7) is 7.25. The van der Waals surface area contributed by atoms with Crippen LogP contribution in [-0.4, -0.2) is 24.3 Å². The number of ether oxygens (including phenoxy) is 1. The maximum absolute atomic E-state index is 12.4. The summed E-state index contributed by atoms with van der Waals surface area (Å²) in [6.07, 6.45) is 3.34. The van der Waals surface area contributed by atoms with Crippen LogP contribution >= 0.6 is 11.3 Å². The number of anilines is 1. The summed E-state index contributed by atoms with van der Waals surface area (Å²) in [4.78, 5) is 36.9. The number of Topliss-reactive ketones (excluding diaryl/α,β-unsaturated/α-hetero) is 1. The lowest BCUT2D eigenvalue weighted by Gasteiger charge is -2.06. The molecule has 132 valence electrons. The number of esters is 1. The second kappa shape index (κ2) is 8.02. The molecule has 6 nitrogen and oxygen atoms in total. The molecule has 0 atom stereocenters. The average Bonchev–Trinajstić information content (AvgIpc) is 2.81. The minimum absolute atomic E-state index is 0.0411. The molecule has 2 heterocycles. The van der Waals surface area contributed by atoms with Gasteiger partial charge in [-0.15, -0.1) is 11.3 Å². The second-order valence-electron chi connectivity index (χ2n) is 5.58. The minimum atomic E-state index is -0.439. The SMILES string of the molecule is CCOC(=O)c1c(NC(=O)C[n+]2cccc(C(C)=O)c2)sc(C)c1C. The number of ketones is 1. The fourth-order valence-electron chi connectivity index (χ4n) is 2.32. The van der Waals surface area contributed by atoms with Crippen LogP contribution in [0.1, 0.15) is 45.0 Å². The van der Waals surface area contributed by atoms with Gasteiger partial charge >= 0.3 is 5.97 Å². The molecular formula is C18H21N2O4S+. The lowest BCUT2D eigenvalue weighted by atomic mass is 10.1. The minimum Gasteiger partial charge on any atom is -0.462 e. The van der Waals surface area contributed by atoms with E-state index in [2.05, 4.69) is 5.32 Å². The van der Waals surface area contributed by atoms with E-state index in [1.807, 2.05) is 13.8 Å². The van der Waals surface area contributed by atoms with E-state index in [0.29, 0.717) is 16.1 Å². The van der Waals surface area contributed by atoms with E-state index in [1.165, 1.54) is 18.3 Å². The third kappa shape index (κ3) is 4.51. The molecule has 2 rings (SSSR count). The van der Waals surface area contributed by atoms with Crippen molar-refractivity contribution in [3.8, 4) is 0 Å². The van der Waals surface area contributed by atoms with Gasteiger partial charge < -0.3 is 10.1 Å². The zero-order valence-corrected chi connectivity index (χ0v) is 15.5. The van der Waals surface area contributed by atoms with Gasteiger partial charge in [-0.25, -0.2) is 4.79 Å². The number of nitrogens with one attached hydrogen (secondary N) is 1. The predicted octanol–water partition coefficient (Wildman–Crippen LogP) is 2.67. The highest BCUT2D eigenvalue weighted by Crippen LogP contribution is 2.32. The molecule has 0 aromatic carbocycles. The Bertz CT molecular complexity index is 826. The van der Waals surface area contributed by atoms with Crippen LogP contribution in [0.5, 0.6) is 0 Å². The van der Waals surface area contributed by atoms with Crippen LogP contribution in [0, 0.1) is 13.8 Å². The molecule has 2 aromatic heterocycles. The number of amides is 1. The Morgan fingerprint density at radius 3 is 2.64 bits per heavy atom. The van der Waals surface area contributed by atoms with E-state index in [-0.39, 0.29) is 24.8 Å². The van der Waals surface area contributed by atoms with Crippen LogP contribution in [0.2, 0.25) is 0 Å². The van der Waals surface area contributed by atoms with Crippen LogP contribution in [-0.2, 0) is 16.1 Å². The van der Waals surface area contributed by atoms with E-state index in [9.17, 15) is 14.4 Å². The summed E-state index contributed by atoms with van der Waals surface area (Å²) < 4.78 is 6.71. The number of rotatable bonds is 6. The van der Waals surface area contributed by atoms with E-state index >= 15 is 0 Å². The Balaban J connectivity index is 2.18. The van der Waals surface area contributed by atoms with Gasteiger partial charge in [0.2, 0.25) is 6.54 Å². The first-order chi connectivity index (χ1) is 11.8. The predicted molar refractivity (Wildman–Crippen MR) is 95.0 cm³/mol. The summed E-state index contributed by atoms with van der Waals surface area (Å²) in [6, 6.07) is 3.41. The monoisotopic (exact) mass is 361 g/mol. The Morgan fingerprint density at radius 2 is 2.00 bits per heavy atom. The molecule has 0 radical (unpaired) electrons. The van der Waals surface area contributed by atoms with Crippen LogP contribution in [0.3, 0.4) is 0 Å². The van der Waals surface area contributed by atoms with Crippen molar-refractivity contribution in [1.82, 2.24) is 0 Å². The standard InChI is InChI=1S/C18H20N2O4S/c1-5-24-18(23)16-11(2)13(4)25-17(16)19-15(22)10-20-8-6-7-14(9-20)12(3)21/h6-9H,5,10H2,1-4H3/p+1. The number of hydrogen-bond acceptors (Lipinski definition) is 5. The molecule has 2 aromatic rings. The molecule has 1 amide bonds. The lowest BCUT2D eigenvalue weighted by Crippen LogP contribution is -2.40. The number of thiophene rings is 1. The third-order valence-electron chi connectivity index (χ3n) is 3.71. The second-order valence-corrected chi connectivity index (χ2v) is 6.80. The maximum atomic E-state index is 12.4. The maximum Gasteiger partial charge on any atom is 0.341 e. The summed E-state index contributed by atoms with van der Waals surface area (Å²) in [5, 5.41) is 3.27. The van der Waals surface area contributed by atoms with Crippen molar-refractivity contribution in [1.29, 1.82) is 0 Å². The van der Waals surface area contributed by atoms with Gasteiger partial charge in [-0.1, -0.05) is 0 Å². The quantitative estimate of drug-likeness (QED) is 0.488. The fraction of sp³-hybridized carbons (Fsp3) is 0.333. The molecule has 0 saturated heterocycles. The lowest BCUT2D eigenvalue weighted by molar-refractivity contribution is -0.684. The highest BCUT2D eigenvalue weighted by molar-refractivity contribution is 7.16. The number of hydrogen-bond donors (Lipinski definition) is 1. The Hall–Kier alpha value is -2.54. The zero-order valence-electron chi connectivity index (χ0n) is 14.7. The normalized spacial score (nSPS) is 10.4. The molecule has 0 aliphatic carbocycles. The molecule has 0 aliphatic heterocycles. The number of nitrogens with zero attached hydrogens (tertiary/aromatic N) is 1. The van der Waals surface area contributed by atoms with Gasteiger partial charge in [-0.05, 0) is 39.3 Å². The van der Waals surface area contributed by atoms with Gasteiger partial charge in [0.1, 0.15) is 5.00 Å². The number of pyridine rings is 1. The summed E-state index contributed by atoms with van der Waals surface area (Å²) in [5.41, 5.74) is 1.75. The zero-order chi connectivity index (χ0) is 18.6. The number of aryl methyl sites for hydroxylation is 1. The largest absolute Gasteiger partial charge is 0.462 e. The van der Waals surface area contributed by atoms with Crippen molar-refractivity contribution >= 4 is 34.0 Å². The molecule has 0 aliphatic rings. The molecule has 1 N–H and O–H groups in total. The van der Waals surface area contributed by atoms with Crippen LogP contribution in [0.4, 0.5) is 5.00 Å². The smallest absolute Gasteiger partial charge is 0.341 e. The van der Waals surface area contributed by atoms with Crippen molar-refractivity contribution in [2.24, 2.45) is 0 Å². The number of carbonyl (C=O) groups excluding carboxylic acids is 3. The van der Waals surface area contributed by atoms with Crippen molar-refractivity contribution in [2.45, 2.75) is 34.2 Å². The molecule has 7 heteroatoms. The molecule has 0 fully saturated rings. The molecule has 25 heavy (non-hydrogen) atoms. The molecule has 0 bridgehead atoms. The average molecular weight is 361 g/mol. The molecular weight excluding hydrogens is 340 g/mol. The number of aromatic nitrogens is 1. The Labute approximate surface area is 150 Å².